The van der Waals surface area contributed by atoms with Crippen LogP contribution >= 0.6 is 12.2 Å². The Bertz CT molecular complexity index is 692. The predicted octanol–water partition coefficient (Wildman–Crippen LogP) is 0.763. The van der Waals surface area contributed by atoms with E-state index in [4.69, 9.17) is 17.0 Å². The van der Waals surface area contributed by atoms with Crippen LogP contribution in [0.5, 0.6) is 0 Å². The first-order valence-electron chi connectivity index (χ1n) is 8.05. The minimum absolute atomic E-state index is 0.123. The number of nitrogens with one attached hydrogen (secondary N) is 2. The standard InChI is InChI=1S/C17H21N3O4S/c1-3-24-14(21)10-13-16(23)18-8-9-20(13)17(25)19-15(22)12-7-5-4-6-11(12)2/h4-7,13H,3,8-10H2,1-2H3,(H,18,23)(H,19,22,25)/t13-/m1/s1. The van der Waals surface area contributed by atoms with Gasteiger partial charge in [-0.3, -0.25) is 19.7 Å². The van der Waals surface area contributed by atoms with Gasteiger partial charge in [-0.05, 0) is 37.7 Å². The topological polar surface area (TPSA) is 87.7 Å². The van der Waals surface area contributed by atoms with E-state index < -0.39 is 12.0 Å². The molecule has 2 N–H and O–H groups in total. The summed E-state index contributed by atoms with van der Waals surface area (Å²) in [5.41, 5.74) is 1.33. The van der Waals surface area contributed by atoms with Gasteiger partial charge in [-0.1, -0.05) is 18.2 Å². The van der Waals surface area contributed by atoms with Crippen molar-refractivity contribution >= 4 is 35.1 Å². The van der Waals surface area contributed by atoms with Gasteiger partial charge in [0, 0.05) is 18.7 Å². The summed E-state index contributed by atoms with van der Waals surface area (Å²) in [5, 5.41) is 5.47. The van der Waals surface area contributed by atoms with E-state index in [0.717, 1.165) is 5.56 Å². The second kappa shape index (κ2) is 8.57. The molecule has 1 aliphatic rings. The summed E-state index contributed by atoms with van der Waals surface area (Å²) < 4.78 is 4.91. The van der Waals surface area contributed by atoms with Crippen LogP contribution in [0.1, 0.15) is 29.3 Å². The van der Waals surface area contributed by atoms with Crippen LogP contribution in [0.4, 0.5) is 0 Å². The van der Waals surface area contributed by atoms with E-state index in [1.54, 1.807) is 24.0 Å². The Kier molecular flexibility index (Phi) is 6.46. The Hall–Kier alpha value is -2.48. The van der Waals surface area contributed by atoms with Crippen LogP contribution in [-0.4, -0.2) is 53.5 Å². The number of hydrogen-bond donors (Lipinski definition) is 2. The lowest BCUT2D eigenvalue weighted by molar-refractivity contribution is -0.147. The van der Waals surface area contributed by atoms with Crippen LogP contribution < -0.4 is 10.6 Å². The lowest BCUT2D eigenvalue weighted by Gasteiger charge is -2.36. The highest BCUT2D eigenvalue weighted by Crippen LogP contribution is 2.12. The third kappa shape index (κ3) is 4.76. The maximum atomic E-state index is 12.4. The van der Waals surface area contributed by atoms with E-state index in [9.17, 15) is 14.4 Å². The van der Waals surface area contributed by atoms with Crippen LogP contribution in [0.3, 0.4) is 0 Å². The fourth-order valence-electron chi connectivity index (χ4n) is 2.60. The molecule has 1 heterocycles. The molecule has 0 saturated carbocycles. The molecule has 7 nitrogen and oxygen atoms in total. The summed E-state index contributed by atoms with van der Waals surface area (Å²) in [7, 11) is 0. The number of amides is 2. The molecule has 8 heteroatoms. The largest absolute Gasteiger partial charge is 0.466 e. The van der Waals surface area contributed by atoms with Gasteiger partial charge in [0.05, 0.1) is 13.0 Å². The van der Waals surface area contributed by atoms with E-state index in [1.807, 2.05) is 19.1 Å². The molecule has 0 radical (unpaired) electrons. The van der Waals surface area contributed by atoms with E-state index in [0.29, 0.717) is 18.7 Å². The molecular weight excluding hydrogens is 342 g/mol. The molecule has 1 fully saturated rings. The number of rotatable bonds is 4. The lowest BCUT2D eigenvalue weighted by Crippen LogP contribution is -2.60. The Balaban J connectivity index is 2.09. The van der Waals surface area contributed by atoms with Crippen LogP contribution in [0.15, 0.2) is 24.3 Å². The molecular formula is C17H21N3O4S. The Morgan fingerprint density at radius 3 is 2.80 bits per heavy atom. The molecule has 2 amide bonds. The summed E-state index contributed by atoms with van der Waals surface area (Å²) in [6.45, 7) is 4.56. The van der Waals surface area contributed by atoms with Gasteiger partial charge < -0.3 is 15.0 Å². The minimum Gasteiger partial charge on any atom is -0.466 e. The number of carbonyl (C=O) groups excluding carboxylic acids is 3. The number of hydrogen-bond acceptors (Lipinski definition) is 5. The average molecular weight is 363 g/mol. The molecule has 0 aliphatic carbocycles. The highest BCUT2D eigenvalue weighted by molar-refractivity contribution is 7.80. The van der Waals surface area contributed by atoms with E-state index in [-0.39, 0.29) is 30.0 Å². The third-order valence-corrected chi connectivity index (χ3v) is 4.20. The van der Waals surface area contributed by atoms with Crippen molar-refractivity contribution in [3.63, 3.8) is 0 Å². The first-order valence-corrected chi connectivity index (χ1v) is 8.45. The molecule has 0 unspecified atom stereocenters. The number of esters is 1. The van der Waals surface area contributed by atoms with Crippen molar-refractivity contribution in [1.82, 2.24) is 15.5 Å². The summed E-state index contributed by atoms with van der Waals surface area (Å²) >= 11 is 5.30. The molecule has 25 heavy (non-hydrogen) atoms. The van der Waals surface area contributed by atoms with Gasteiger partial charge >= 0.3 is 5.97 Å². The first-order chi connectivity index (χ1) is 11.9. The van der Waals surface area contributed by atoms with Gasteiger partial charge in [0.25, 0.3) is 5.91 Å². The van der Waals surface area contributed by atoms with Gasteiger partial charge in [-0.25, -0.2) is 0 Å². The van der Waals surface area contributed by atoms with Crippen LogP contribution in [0, 0.1) is 6.92 Å². The van der Waals surface area contributed by atoms with Crippen molar-refractivity contribution in [3.8, 4) is 0 Å². The van der Waals surface area contributed by atoms with Gasteiger partial charge in [-0.2, -0.15) is 0 Å². The molecule has 0 spiro atoms. The van der Waals surface area contributed by atoms with E-state index >= 15 is 0 Å². The number of ether oxygens (including phenoxy) is 1. The maximum absolute atomic E-state index is 12.4. The van der Waals surface area contributed by atoms with Crippen LogP contribution in [0.2, 0.25) is 0 Å². The van der Waals surface area contributed by atoms with Crippen molar-refractivity contribution in [1.29, 1.82) is 0 Å². The van der Waals surface area contributed by atoms with Crippen molar-refractivity contribution in [3.05, 3.63) is 35.4 Å². The monoisotopic (exact) mass is 363 g/mol. The summed E-state index contributed by atoms with van der Waals surface area (Å²) in [5.74, 6) is -1.14. The van der Waals surface area contributed by atoms with Crippen molar-refractivity contribution < 1.29 is 19.1 Å². The van der Waals surface area contributed by atoms with Crippen molar-refractivity contribution in [2.75, 3.05) is 19.7 Å². The summed E-state index contributed by atoms with van der Waals surface area (Å²) in [6.07, 6.45) is -0.125. The second-order valence-corrected chi connectivity index (χ2v) is 5.97. The van der Waals surface area contributed by atoms with Gasteiger partial charge in [0.1, 0.15) is 6.04 Å². The molecule has 1 aliphatic heterocycles. The zero-order valence-electron chi connectivity index (χ0n) is 14.2. The number of piperazine rings is 1. The number of benzene rings is 1. The highest BCUT2D eigenvalue weighted by Gasteiger charge is 2.34. The number of nitrogens with zero attached hydrogens (tertiary/aromatic N) is 1. The lowest BCUT2D eigenvalue weighted by atomic mass is 10.1. The molecule has 1 atom stereocenters. The molecule has 1 saturated heterocycles. The van der Waals surface area contributed by atoms with Crippen molar-refractivity contribution in [2.24, 2.45) is 0 Å². The maximum Gasteiger partial charge on any atom is 0.308 e. The van der Waals surface area contributed by atoms with E-state index in [2.05, 4.69) is 10.6 Å². The number of aryl methyl sites for hydroxylation is 1. The molecule has 2 rings (SSSR count). The van der Waals surface area contributed by atoms with E-state index in [1.165, 1.54) is 0 Å². The van der Waals surface area contributed by atoms with Gasteiger partial charge in [0.15, 0.2) is 5.11 Å². The third-order valence-electron chi connectivity index (χ3n) is 3.87. The molecule has 0 bridgehead atoms. The minimum atomic E-state index is -0.794. The Labute approximate surface area is 151 Å². The fourth-order valence-corrected chi connectivity index (χ4v) is 2.91. The van der Waals surface area contributed by atoms with Gasteiger partial charge in [-0.15, -0.1) is 0 Å². The Morgan fingerprint density at radius 1 is 1.40 bits per heavy atom. The quantitative estimate of drug-likeness (QED) is 0.607. The SMILES string of the molecule is CCOC(=O)C[C@@H]1C(=O)NCCN1C(=S)NC(=O)c1ccccc1C. The number of carbonyl (C=O) groups is 3. The van der Waals surface area contributed by atoms with Crippen molar-refractivity contribution in [2.45, 2.75) is 26.3 Å². The summed E-state index contributed by atoms with van der Waals surface area (Å²) in [4.78, 5) is 37.9. The summed E-state index contributed by atoms with van der Waals surface area (Å²) in [6, 6.07) is 6.34. The molecule has 0 aromatic heterocycles. The molecule has 1 aromatic rings. The smallest absolute Gasteiger partial charge is 0.308 e. The van der Waals surface area contributed by atoms with Gasteiger partial charge in [0.2, 0.25) is 5.91 Å². The van der Waals surface area contributed by atoms with Crippen LogP contribution in [-0.2, 0) is 14.3 Å². The number of thiocarbonyl (C=S) groups is 1. The second-order valence-electron chi connectivity index (χ2n) is 5.58. The molecule has 134 valence electrons. The highest BCUT2D eigenvalue weighted by atomic mass is 32.1. The Morgan fingerprint density at radius 2 is 2.12 bits per heavy atom. The zero-order valence-corrected chi connectivity index (χ0v) is 15.0. The van der Waals surface area contributed by atoms with Crippen LogP contribution in [0.25, 0.3) is 0 Å². The first kappa shape index (κ1) is 18.9. The molecule has 1 aromatic carbocycles. The zero-order chi connectivity index (χ0) is 18.4. The normalized spacial score (nSPS) is 16.8. The predicted molar refractivity (Wildman–Crippen MR) is 96.0 cm³/mol. The fraction of sp³-hybridized carbons (Fsp3) is 0.412. The average Bonchev–Trinajstić information content (AvgIpc) is 2.57.